The van der Waals surface area contributed by atoms with E-state index in [1.807, 2.05) is 62.6 Å². The van der Waals surface area contributed by atoms with Crippen LogP contribution in [0, 0.1) is 25.2 Å². The molecule has 2 rings (SSSR count). The van der Waals surface area contributed by atoms with Crippen LogP contribution in [0.5, 0.6) is 5.75 Å². The number of hydrogen-bond acceptors (Lipinski definition) is 4. The summed E-state index contributed by atoms with van der Waals surface area (Å²) in [6, 6.07) is 13.3. The first kappa shape index (κ1) is 18.6. The Bertz CT molecular complexity index is 846. The van der Waals surface area contributed by atoms with E-state index in [4.69, 9.17) is 4.74 Å². The molecule has 0 aliphatic carbocycles. The van der Waals surface area contributed by atoms with Crippen LogP contribution in [-0.2, 0) is 4.79 Å². The van der Waals surface area contributed by atoms with Crippen molar-refractivity contribution in [3.05, 3.63) is 58.7 Å². The fraction of sp³-hybridized carbons (Fsp3) is 0.200. The number of rotatable bonds is 5. The zero-order valence-corrected chi connectivity index (χ0v) is 15.5. The van der Waals surface area contributed by atoms with Crippen molar-refractivity contribution in [2.45, 2.75) is 18.7 Å². The number of ether oxygens (including phenoxy) is 1. The number of nitrogens with one attached hydrogen (secondary N) is 1. The van der Waals surface area contributed by atoms with E-state index in [9.17, 15) is 10.1 Å². The second-order valence-electron chi connectivity index (χ2n) is 5.51. The summed E-state index contributed by atoms with van der Waals surface area (Å²) in [6.07, 6.45) is 3.53. The maximum absolute atomic E-state index is 12.5. The van der Waals surface area contributed by atoms with Gasteiger partial charge in [-0.2, -0.15) is 5.26 Å². The van der Waals surface area contributed by atoms with Crippen molar-refractivity contribution in [2.24, 2.45) is 0 Å². The van der Waals surface area contributed by atoms with Crippen LogP contribution in [0.4, 0.5) is 5.69 Å². The number of hydrogen-bond donors (Lipinski definition) is 1. The number of nitriles is 1. The molecule has 0 aromatic heterocycles. The Morgan fingerprint density at radius 3 is 2.48 bits per heavy atom. The van der Waals surface area contributed by atoms with Crippen LogP contribution in [0.3, 0.4) is 0 Å². The van der Waals surface area contributed by atoms with Crippen molar-refractivity contribution in [3.63, 3.8) is 0 Å². The molecule has 4 nitrogen and oxygen atoms in total. The molecule has 2 aromatic rings. The van der Waals surface area contributed by atoms with Crippen LogP contribution < -0.4 is 10.1 Å². The Labute approximate surface area is 152 Å². The number of methoxy groups -OCH3 is 1. The van der Waals surface area contributed by atoms with Gasteiger partial charge in [-0.05, 0) is 55.0 Å². The van der Waals surface area contributed by atoms with Crippen molar-refractivity contribution >= 4 is 29.4 Å². The van der Waals surface area contributed by atoms with Crippen molar-refractivity contribution < 1.29 is 9.53 Å². The lowest BCUT2D eigenvalue weighted by Crippen LogP contribution is -2.15. The van der Waals surface area contributed by atoms with E-state index in [1.165, 1.54) is 0 Å². The number of aryl methyl sites for hydroxylation is 2. The van der Waals surface area contributed by atoms with Gasteiger partial charge in [-0.3, -0.25) is 4.79 Å². The van der Waals surface area contributed by atoms with Gasteiger partial charge in [0.05, 0.1) is 7.11 Å². The minimum atomic E-state index is -0.423. The molecule has 1 amide bonds. The van der Waals surface area contributed by atoms with E-state index in [0.29, 0.717) is 5.75 Å². The van der Waals surface area contributed by atoms with Gasteiger partial charge in [-0.1, -0.05) is 24.3 Å². The normalized spacial score (nSPS) is 10.9. The highest BCUT2D eigenvalue weighted by Crippen LogP contribution is 2.29. The highest BCUT2D eigenvalue weighted by atomic mass is 32.2. The van der Waals surface area contributed by atoms with Crippen LogP contribution in [0.2, 0.25) is 0 Å². The largest absolute Gasteiger partial charge is 0.496 e. The van der Waals surface area contributed by atoms with E-state index < -0.39 is 5.91 Å². The van der Waals surface area contributed by atoms with Crippen molar-refractivity contribution in [2.75, 3.05) is 18.7 Å². The molecule has 0 heterocycles. The monoisotopic (exact) mass is 352 g/mol. The fourth-order valence-corrected chi connectivity index (χ4v) is 3.00. The Balaban J connectivity index is 2.31. The number of carbonyl (C=O) groups excluding carboxylic acids is 1. The average molecular weight is 352 g/mol. The molecule has 0 aliphatic heterocycles. The lowest BCUT2D eigenvalue weighted by Gasteiger charge is -2.11. The summed E-state index contributed by atoms with van der Waals surface area (Å²) < 4.78 is 5.35. The SMILES string of the molecule is COc1cc(C=C(C#N)C(=O)Nc2c(C)cccc2C)ccc1SC. The lowest BCUT2D eigenvalue weighted by molar-refractivity contribution is -0.112. The van der Waals surface area contributed by atoms with Crippen LogP contribution in [0.1, 0.15) is 16.7 Å². The molecule has 1 N–H and O–H groups in total. The first-order valence-corrected chi connectivity index (χ1v) is 8.94. The van der Waals surface area contributed by atoms with Gasteiger partial charge in [0, 0.05) is 10.6 Å². The van der Waals surface area contributed by atoms with Crippen molar-refractivity contribution in [1.82, 2.24) is 0 Å². The molecule has 0 radical (unpaired) electrons. The van der Waals surface area contributed by atoms with E-state index in [2.05, 4.69) is 5.32 Å². The number of carbonyl (C=O) groups is 1. The summed E-state index contributed by atoms with van der Waals surface area (Å²) in [6.45, 7) is 3.84. The second-order valence-corrected chi connectivity index (χ2v) is 6.35. The highest BCUT2D eigenvalue weighted by molar-refractivity contribution is 7.98. The molecule has 25 heavy (non-hydrogen) atoms. The number of amides is 1. The number of anilines is 1. The van der Waals surface area contributed by atoms with Crippen LogP contribution in [0.15, 0.2) is 46.9 Å². The topological polar surface area (TPSA) is 62.1 Å². The highest BCUT2D eigenvalue weighted by Gasteiger charge is 2.13. The Hall–Kier alpha value is -2.71. The van der Waals surface area contributed by atoms with E-state index in [-0.39, 0.29) is 5.57 Å². The zero-order chi connectivity index (χ0) is 18.4. The average Bonchev–Trinajstić information content (AvgIpc) is 2.62. The molecule has 5 heteroatoms. The Morgan fingerprint density at radius 1 is 1.24 bits per heavy atom. The fourth-order valence-electron chi connectivity index (χ4n) is 2.45. The molecule has 128 valence electrons. The molecular formula is C20H20N2O2S. The third kappa shape index (κ3) is 4.43. The third-order valence-electron chi connectivity index (χ3n) is 3.80. The maximum Gasteiger partial charge on any atom is 0.266 e. The first-order chi connectivity index (χ1) is 12.0. The predicted octanol–water partition coefficient (Wildman–Crippen LogP) is 4.58. The quantitative estimate of drug-likeness (QED) is 0.486. The number of benzene rings is 2. The van der Waals surface area contributed by atoms with Gasteiger partial charge in [0.25, 0.3) is 5.91 Å². The summed E-state index contributed by atoms with van der Waals surface area (Å²) in [4.78, 5) is 13.5. The summed E-state index contributed by atoms with van der Waals surface area (Å²) in [5.74, 6) is 0.293. The minimum absolute atomic E-state index is 0.0432. The Kier molecular flexibility index (Phi) is 6.26. The van der Waals surface area contributed by atoms with E-state index in [1.54, 1.807) is 24.9 Å². The van der Waals surface area contributed by atoms with Gasteiger partial charge in [-0.15, -0.1) is 11.8 Å². The summed E-state index contributed by atoms with van der Waals surface area (Å²) in [5, 5.41) is 12.2. The summed E-state index contributed by atoms with van der Waals surface area (Å²) in [5.41, 5.74) is 3.43. The van der Waals surface area contributed by atoms with E-state index >= 15 is 0 Å². The van der Waals surface area contributed by atoms with Crippen molar-refractivity contribution in [3.8, 4) is 11.8 Å². The van der Waals surface area contributed by atoms with Crippen LogP contribution in [0.25, 0.3) is 6.08 Å². The van der Waals surface area contributed by atoms with Gasteiger partial charge in [0.15, 0.2) is 0 Å². The van der Waals surface area contributed by atoms with Crippen LogP contribution >= 0.6 is 11.8 Å². The first-order valence-electron chi connectivity index (χ1n) is 7.71. The molecule has 0 aliphatic rings. The lowest BCUT2D eigenvalue weighted by atomic mass is 10.1. The standard InChI is InChI=1S/C20H20N2O2S/c1-13-6-5-7-14(2)19(13)22-20(23)16(12-21)10-15-8-9-18(25-4)17(11-15)24-3/h5-11H,1-4H3,(H,22,23). The zero-order valence-electron chi connectivity index (χ0n) is 14.7. The molecule has 0 fully saturated rings. The molecule has 0 unspecified atom stereocenters. The predicted molar refractivity (Wildman–Crippen MR) is 103 cm³/mol. The summed E-state index contributed by atoms with van der Waals surface area (Å²) in [7, 11) is 1.60. The summed E-state index contributed by atoms with van der Waals surface area (Å²) >= 11 is 1.57. The van der Waals surface area contributed by atoms with Gasteiger partial charge >= 0.3 is 0 Å². The van der Waals surface area contributed by atoms with Gasteiger partial charge < -0.3 is 10.1 Å². The Morgan fingerprint density at radius 2 is 1.92 bits per heavy atom. The second kappa shape index (κ2) is 8.41. The molecule has 2 aromatic carbocycles. The van der Waals surface area contributed by atoms with Gasteiger partial charge in [-0.25, -0.2) is 0 Å². The molecular weight excluding hydrogens is 332 g/mol. The number of nitrogens with zero attached hydrogens (tertiary/aromatic N) is 1. The molecule has 0 bridgehead atoms. The molecule has 0 saturated carbocycles. The third-order valence-corrected chi connectivity index (χ3v) is 4.58. The van der Waals surface area contributed by atoms with Gasteiger partial charge in [0.1, 0.15) is 17.4 Å². The van der Waals surface area contributed by atoms with Crippen molar-refractivity contribution in [1.29, 1.82) is 5.26 Å². The number of thioether (sulfide) groups is 1. The molecule has 0 spiro atoms. The molecule has 0 atom stereocenters. The number of para-hydroxylation sites is 1. The minimum Gasteiger partial charge on any atom is -0.496 e. The molecule has 0 saturated heterocycles. The maximum atomic E-state index is 12.5. The van der Waals surface area contributed by atoms with E-state index in [0.717, 1.165) is 27.3 Å². The van der Waals surface area contributed by atoms with Crippen LogP contribution in [-0.4, -0.2) is 19.3 Å². The smallest absolute Gasteiger partial charge is 0.266 e. The van der Waals surface area contributed by atoms with Gasteiger partial charge in [0.2, 0.25) is 0 Å².